The van der Waals surface area contributed by atoms with E-state index >= 15 is 0 Å². The summed E-state index contributed by atoms with van der Waals surface area (Å²) in [6.07, 6.45) is 0.184. The zero-order valence-corrected chi connectivity index (χ0v) is 13.8. The van der Waals surface area contributed by atoms with E-state index in [9.17, 15) is 26.4 Å². The fourth-order valence-electron chi connectivity index (χ4n) is 2.63. The van der Waals surface area contributed by atoms with Crippen molar-refractivity contribution in [2.24, 2.45) is 0 Å². The Morgan fingerprint density at radius 1 is 1.12 bits per heavy atom. The predicted molar refractivity (Wildman–Crippen MR) is 86.5 cm³/mol. The van der Waals surface area contributed by atoms with Gasteiger partial charge in [-0.25, -0.2) is 8.42 Å². The summed E-state index contributed by atoms with van der Waals surface area (Å²) in [7, 11) is -3.85. The van der Waals surface area contributed by atoms with Crippen molar-refractivity contribution in [2.45, 2.75) is 16.8 Å². The summed E-state index contributed by atoms with van der Waals surface area (Å²) < 4.78 is 62.0. The second kappa shape index (κ2) is 5.76. The molecule has 0 unspecified atom stereocenters. The van der Waals surface area contributed by atoms with Crippen LogP contribution in [0.2, 0.25) is 0 Å². The predicted octanol–water partition coefficient (Wildman–Crippen LogP) is 3.24. The molecule has 1 amide bonds. The zero-order valence-electron chi connectivity index (χ0n) is 13.0. The molecular formula is C16H13F3N2O3S. The second-order valence-corrected chi connectivity index (χ2v) is 7.45. The number of hydrogen-bond acceptors (Lipinski definition) is 4. The van der Waals surface area contributed by atoms with Crippen LogP contribution in [0.1, 0.15) is 5.56 Å². The molecule has 1 heterocycles. The number of nitrogens with one attached hydrogen (secondary N) is 1. The first-order valence-electron chi connectivity index (χ1n) is 7.18. The van der Waals surface area contributed by atoms with Gasteiger partial charge in [-0.3, -0.25) is 4.79 Å². The van der Waals surface area contributed by atoms with Gasteiger partial charge in [0.15, 0.2) is 0 Å². The largest absolute Gasteiger partial charge is 0.501 e. The lowest BCUT2D eigenvalue weighted by atomic mass is 10.1. The highest BCUT2D eigenvalue weighted by Gasteiger charge is 2.47. The number of halogens is 3. The molecule has 0 saturated heterocycles. The van der Waals surface area contributed by atoms with Crippen molar-refractivity contribution in [3.8, 4) is 0 Å². The maximum atomic E-state index is 12.8. The highest BCUT2D eigenvalue weighted by Crippen LogP contribution is 2.36. The first-order valence-corrected chi connectivity index (χ1v) is 8.66. The average Bonchev–Trinajstić information content (AvgIpc) is 2.81. The summed E-state index contributed by atoms with van der Waals surface area (Å²) in [5.41, 5.74) is -3.75. The number of nitrogens with zero attached hydrogens (tertiary/aromatic N) is 1. The Morgan fingerprint density at radius 2 is 1.80 bits per heavy atom. The molecule has 0 bridgehead atoms. The fourth-order valence-corrected chi connectivity index (χ4v) is 3.55. The van der Waals surface area contributed by atoms with Crippen LogP contribution in [0.25, 0.3) is 0 Å². The monoisotopic (exact) mass is 370 g/mol. The van der Waals surface area contributed by atoms with Crippen molar-refractivity contribution >= 4 is 32.8 Å². The van der Waals surface area contributed by atoms with Crippen LogP contribution in [0, 0.1) is 0 Å². The minimum Gasteiger partial charge on any atom is -0.354 e. The maximum Gasteiger partial charge on any atom is 0.501 e. The first kappa shape index (κ1) is 17.3. The van der Waals surface area contributed by atoms with Crippen LogP contribution in [0.4, 0.5) is 30.2 Å². The van der Waals surface area contributed by atoms with Crippen LogP contribution in [0.15, 0.2) is 47.4 Å². The van der Waals surface area contributed by atoms with Crippen LogP contribution in [-0.4, -0.2) is 26.9 Å². The summed E-state index contributed by atoms with van der Waals surface area (Å²) in [5, 5.41) is 2.70. The van der Waals surface area contributed by atoms with Gasteiger partial charge < -0.3 is 10.2 Å². The number of fused-ring (bicyclic) bond motifs is 1. The van der Waals surface area contributed by atoms with E-state index in [2.05, 4.69) is 5.32 Å². The topological polar surface area (TPSA) is 66.5 Å². The third kappa shape index (κ3) is 2.95. The minimum absolute atomic E-state index is 0.0906. The molecule has 0 aliphatic carbocycles. The van der Waals surface area contributed by atoms with Crippen LogP contribution in [0.5, 0.6) is 0 Å². The summed E-state index contributed by atoms with van der Waals surface area (Å²) in [6, 6.07) is 9.66. The van der Waals surface area contributed by atoms with Gasteiger partial charge in [-0.05, 0) is 35.9 Å². The molecule has 25 heavy (non-hydrogen) atoms. The minimum atomic E-state index is -5.48. The third-order valence-corrected chi connectivity index (χ3v) is 5.46. The van der Waals surface area contributed by atoms with E-state index in [0.29, 0.717) is 16.9 Å². The van der Waals surface area contributed by atoms with E-state index in [4.69, 9.17) is 0 Å². The van der Waals surface area contributed by atoms with Crippen LogP contribution >= 0.6 is 0 Å². The van der Waals surface area contributed by atoms with Crippen molar-refractivity contribution in [3.63, 3.8) is 0 Å². The highest BCUT2D eigenvalue weighted by molar-refractivity contribution is 7.92. The van der Waals surface area contributed by atoms with E-state index in [1.54, 1.807) is 25.2 Å². The number of rotatable bonds is 3. The molecule has 0 atom stereocenters. The van der Waals surface area contributed by atoms with Crippen LogP contribution in [0.3, 0.4) is 0 Å². The standard InChI is InChI=1S/C16H13F3N2O3S/c1-21-13-7-6-11(8-10(13)9-15(21)22)20-12-4-2-3-5-14(12)25(23,24)16(17,18)19/h2-8,20H,9H2,1H3. The van der Waals surface area contributed by atoms with Crippen molar-refractivity contribution in [2.75, 3.05) is 17.3 Å². The van der Waals surface area contributed by atoms with Crippen molar-refractivity contribution in [3.05, 3.63) is 48.0 Å². The van der Waals surface area contributed by atoms with E-state index < -0.39 is 20.2 Å². The molecule has 2 aromatic rings. The normalized spacial score (nSPS) is 14.6. The lowest BCUT2D eigenvalue weighted by Gasteiger charge is -2.15. The van der Waals surface area contributed by atoms with Gasteiger partial charge in [0, 0.05) is 18.4 Å². The van der Waals surface area contributed by atoms with Gasteiger partial charge in [-0.15, -0.1) is 0 Å². The van der Waals surface area contributed by atoms with Gasteiger partial charge in [0.25, 0.3) is 9.84 Å². The fraction of sp³-hybridized carbons (Fsp3) is 0.188. The Labute approximate surface area is 142 Å². The number of benzene rings is 2. The van der Waals surface area contributed by atoms with Crippen molar-refractivity contribution in [1.29, 1.82) is 0 Å². The molecule has 0 saturated carbocycles. The Kier molecular flexibility index (Phi) is 3.98. The lowest BCUT2D eigenvalue weighted by molar-refractivity contribution is -0.117. The molecule has 3 rings (SSSR count). The highest BCUT2D eigenvalue weighted by atomic mass is 32.2. The van der Waals surface area contributed by atoms with Gasteiger partial charge in [0.1, 0.15) is 0 Å². The quantitative estimate of drug-likeness (QED) is 0.901. The van der Waals surface area contributed by atoms with Crippen molar-refractivity contribution < 1.29 is 26.4 Å². The molecule has 9 heteroatoms. The summed E-state index contributed by atoms with van der Waals surface area (Å²) in [6.45, 7) is 0. The number of para-hydroxylation sites is 1. The Morgan fingerprint density at radius 3 is 2.48 bits per heavy atom. The number of anilines is 3. The molecule has 132 valence electrons. The van der Waals surface area contributed by atoms with Gasteiger partial charge in [0.2, 0.25) is 5.91 Å². The molecule has 1 aliphatic heterocycles. The Bertz CT molecular complexity index is 955. The second-order valence-electron chi connectivity index (χ2n) is 5.54. The summed E-state index contributed by atoms with van der Waals surface area (Å²) in [4.78, 5) is 12.3. The van der Waals surface area contributed by atoms with E-state index in [-0.39, 0.29) is 18.0 Å². The SMILES string of the molecule is CN1C(=O)Cc2cc(Nc3ccccc3S(=O)(=O)C(F)(F)F)ccc21. The molecule has 0 radical (unpaired) electrons. The third-order valence-electron chi connectivity index (χ3n) is 3.92. The smallest absolute Gasteiger partial charge is 0.354 e. The van der Waals surface area contributed by atoms with Crippen LogP contribution in [-0.2, 0) is 21.1 Å². The van der Waals surface area contributed by atoms with E-state index in [1.807, 2.05) is 0 Å². The molecule has 2 aromatic carbocycles. The number of alkyl halides is 3. The number of carbonyl (C=O) groups is 1. The Hall–Kier alpha value is -2.55. The lowest BCUT2D eigenvalue weighted by Crippen LogP contribution is -2.24. The molecule has 5 nitrogen and oxygen atoms in total. The first-order chi connectivity index (χ1) is 11.6. The van der Waals surface area contributed by atoms with Gasteiger partial charge in [0.05, 0.1) is 17.0 Å². The number of amides is 1. The molecule has 0 spiro atoms. The Balaban J connectivity index is 1.99. The number of sulfone groups is 1. The number of carbonyl (C=O) groups excluding carboxylic acids is 1. The maximum absolute atomic E-state index is 12.8. The average molecular weight is 370 g/mol. The van der Waals surface area contributed by atoms with Crippen molar-refractivity contribution in [1.82, 2.24) is 0 Å². The molecule has 1 N–H and O–H groups in total. The number of hydrogen-bond donors (Lipinski definition) is 1. The zero-order chi connectivity index (χ0) is 18.4. The van der Waals surface area contributed by atoms with E-state index in [1.165, 1.54) is 23.1 Å². The van der Waals surface area contributed by atoms with Crippen LogP contribution < -0.4 is 10.2 Å². The molecule has 0 fully saturated rings. The molecule has 0 aromatic heterocycles. The number of likely N-dealkylation sites (N-methyl/N-ethyl adjacent to an activating group) is 1. The van der Waals surface area contributed by atoms with Gasteiger partial charge >= 0.3 is 5.51 Å². The molecular weight excluding hydrogens is 357 g/mol. The van der Waals surface area contributed by atoms with E-state index in [0.717, 1.165) is 6.07 Å². The van der Waals surface area contributed by atoms with Gasteiger partial charge in [-0.1, -0.05) is 12.1 Å². The molecule has 1 aliphatic rings. The summed E-state index contributed by atoms with van der Waals surface area (Å²) >= 11 is 0. The van der Waals surface area contributed by atoms with Gasteiger partial charge in [-0.2, -0.15) is 13.2 Å². The summed E-state index contributed by atoms with van der Waals surface area (Å²) in [5.74, 6) is -0.0906.